The molecular formula is C6H7F3O3. The summed E-state index contributed by atoms with van der Waals surface area (Å²) in [6.45, 7) is 0. The van der Waals surface area contributed by atoms with E-state index in [1.165, 1.54) is 0 Å². The van der Waals surface area contributed by atoms with Gasteiger partial charge in [-0.15, -0.1) is 0 Å². The highest BCUT2D eigenvalue weighted by atomic mass is 19.4. The average Bonchev–Trinajstić information content (AvgIpc) is 1.76. The van der Waals surface area contributed by atoms with Gasteiger partial charge in [-0.05, 0) is 12.8 Å². The second-order valence-electron chi connectivity index (χ2n) is 2.95. The van der Waals surface area contributed by atoms with Crippen LogP contribution in [0.2, 0.25) is 0 Å². The lowest BCUT2D eigenvalue weighted by Gasteiger charge is -2.42. The van der Waals surface area contributed by atoms with Crippen molar-refractivity contribution in [3.05, 3.63) is 0 Å². The predicted octanol–water partition coefficient (Wildman–Crippen LogP) is 0.774. The highest BCUT2D eigenvalue weighted by molar-refractivity contribution is 5.77. The summed E-state index contributed by atoms with van der Waals surface area (Å²) < 4.78 is 36.3. The fourth-order valence-electron chi connectivity index (χ4n) is 1.27. The molecule has 0 spiro atoms. The van der Waals surface area contributed by atoms with Gasteiger partial charge in [0.05, 0.1) is 6.10 Å². The molecule has 1 aliphatic carbocycles. The first-order valence-corrected chi connectivity index (χ1v) is 3.28. The topological polar surface area (TPSA) is 57.5 Å². The van der Waals surface area contributed by atoms with E-state index in [0.717, 1.165) is 0 Å². The van der Waals surface area contributed by atoms with E-state index in [9.17, 15) is 18.0 Å². The van der Waals surface area contributed by atoms with Crippen LogP contribution in [0.4, 0.5) is 13.2 Å². The fraction of sp³-hybridized carbons (Fsp3) is 0.833. The summed E-state index contributed by atoms with van der Waals surface area (Å²) in [5.74, 6) is -1.90. The minimum Gasteiger partial charge on any atom is -0.481 e. The largest absolute Gasteiger partial charge is 0.481 e. The van der Waals surface area contributed by atoms with Gasteiger partial charge in [0.15, 0.2) is 5.41 Å². The molecular weight excluding hydrogens is 177 g/mol. The van der Waals surface area contributed by atoms with Gasteiger partial charge in [0, 0.05) is 0 Å². The highest BCUT2D eigenvalue weighted by Crippen LogP contribution is 2.53. The van der Waals surface area contributed by atoms with Gasteiger partial charge in [-0.1, -0.05) is 0 Å². The molecule has 70 valence electrons. The standard InChI is InChI=1S/C6H7F3O3/c7-6(8,9)5(4(11)12)1-3(10)2-5/h3,10H,1-2H2,(H,11,12). The Morgan fingerprint density at radius 1 is 1.42 bits per heavy atom. The number of alkyl halides is 3. The molecule has 0 aromatic rings. The number of halogens is 3. The number of aliphatic carboxylic acids is 1. The molecule has 12 heavy (non-hydrogen) atoms. The minimum absolute atomic E-state index is 0.730. The Morgan fingerprint density at radius 2 is 1.83 bits per heavy atom. The van der Waals surface area contributed by atoms with Gasteiger partial charge in [-0.3, -0.25) is 4.79 Å². The van der Waals surface area contributed by atoms with Crippen LogP contribution in [-0.4, -0.2) is 28.5 Å². The van der Waals surface area contributed by atoms with Gasteiger partial charge in [0.1, 0.15) is 0 Å². The van der Waals surface area contributed by atoms with E-state index in [4.69, 9.17) is 10.2 Å². The Hall–Kier alpha value is -0.780. The lowest BCUT2D eigenvalue weighted by molar-refractivity contribution is -0.270. The van der Waals surface area contributed by atoms with E-state index >= 15 is 0 Å². The van der Waals surface area contributed by atoms with E-state index in [1.807, 2.05) is 0 Å². The zero-order valence-corrected chi connectivity index (χ0v) is 5.93. The van der Waals surface area contributed by atoms with E-state index < -0.39 is 36.5 Å². The van der Waals surface area contributed by atoms with Crippen LogP contribution < -0.4 is 0 Å². The fourth-order valence-corrected chi connectivity index (χ4v) is 1.27. The monoisotopic (exact) mass is 184 g/mol. The number of carboxylic acid groups (broad SMARTS) is 1. The van der Waals surface area contributed by atoms with Crippen LogP contribution in [0.3, 0.4) is 0 Å². The van der Waals surface area contributed by atoms with Gasteiger partial charge in [-0.2, -0.15) is 13.2 Å². The van der Waals surface area contributed by atoms with E-state index in [-0.39, 0.29) is 0 Å². The third-order valence-electron chi connectivity index (χ3n) is 2.12. The van der Waals surface area contributed by atoms with Crippen LogP contribution in [0.25, 0.3) is 0 Å². The molecule has 1 aliphatic rings. The molecule has 1 rings (SSSR count). The van der Waals surface area contributed by atoms with Crippen molar-refractivity contribution in [1.82, 2.24) is 0 Å². The van der Waals surface area contributed by atoms with Crippen LogP contribution in [0, 0.1) is 5.41 Å². The van der Waals surface area contributed by atoms with Gasteiger partial charge >= 0.3 is 12.1 Å². The van der Waals surface area contributed by atoms with Crippen LogP contribution in [0.5, 0.6) is 0 Å². The number of hydrogen-bond donors (Lipinski definition) is 2. The summed E-state index contributed by atoms with van der Waals surface area (Å²) in [6.07, 6.45) is -7.36. The number of carbonyl (C=O) groups is 1. The Morgan fingerprint density at radius 3 is 1.92 bits per heavy atom. The predicted molar refractivity (Wildman–Crippen MR) is 31.4 cm³/mol. The van der Waals surface area contributed by atoms with Crippen LogP contribution in [0.15, 0.2) is 0 Å². The van der Waals surface area contributed by atoms with E-state index in [1.54, 1.807) is 0 Å². The Kier molecular flexibility index (Phi) is 1.82. The lowest BCUT2D eigenvalue weighted by atomic mass is 9.66. The Bertz CT molecular complexity index is 205. The summed E-state index contributed by atoms with van der Waals surface area (Å²) in [6, 6.07) is 0. The van der Waals surface area contributed by atoms with Crippen molar-refractivity contribution in [3.8, 4) is 0 Å². The molecule has 1 fully saturated rings. The third kappa shape index (κ3) is 1.06. The van der Waals surface area contributed by atoms with Gasteiger partial charge in [0.2, 0.25) is 0 Å². The van der Waals surface area contributed by atoms with Gasteiger partial charge < -0.3 is 10.2 Å². The van der Waals surface area contributed by atoms with Crippen LogP contribution in [-0.2, 0) is 4.79 Å². The van der Waals surface area contributed by atoms with Crippen molar-refractivity contribution in [3.63, 3.8) is 0 Å². The molecule has 0 bridgehead atoms. The second kappa shape index (κ2) is 2.35. The zero-order chi connectivity index (χ0) is 9.57. The normalized spacial score (nSPS) is 35.8. The molecule has 0 aliphatic heterocycles. The first-order valence-electron chi connectivity index (χ1n) is 3.28. The van der Waals surface area contributed by atoms with Crippen molar-refractivity contribution in [2.24, 2.45) is 5.41 Å². The zero-order valence-electron chi connectivity index (χ0n) is 5.93. The molecule has 0 saturated heterocycles. The quantitative estimate of drug-likeness (QED) is 0.632. The molecule has 0 atom stereocenters. The summed E-state index contributed by atoms with van der Waals surface area (Å²) >= 11 is 0. The average molecular weight is 184 g/mol. The number of aliphatic hydroxyl groups is 1. The molecule has 0 aromatic carbocycles. The number of hydrogen-bond acceptors (Lipinski definition) is 2. The van der Waals surface area contributed by atoms with Gasteiger partial charge in [0.25, 0.3) is 0 Å². The summed E-state index contributed by atoms with van der Waals surface area (Å²) in [5.41, 5.74) is -2.70. The maximum atomic E-state index is 12.1. The first-order chi connectivity index (χ1) is 5.29. The molecule has 0 aromatic heterocycles. The third-order valence-corrected chi connectivity index (χ3v) is 2.12. The van der Waals surface area contributed by atoms with Crippen molar-refractivity contribution in [2.45, 2.75) is 25.1 Å². The molecule has 0 amide bonds. The van der Waals surface area contributed by atoms with E-state index in [0.29, 0.717) is 0 Å². The van der Waals surface area contributed by atoms with E-state index in [2.05, 4.69) is 0 Å². The molecule has 1 saturated carbocycles. The maximum absolute atomic E-state index is 12.1. The molecule has 6 heteroatoms. The Balaban J connectivity index is 2.84. The molecule has 0 unspecified atom stereocenters. The highest BCUT2D eigenvalue weighted by Gasteiger charge is 2.67. The number of carboxylic acids is 1. The molecule has 0 heterocycles. The van der Waals surface area contributed by atoms with Crippen molar-refractivity contribution >= 4 is 5.97 Å². The Labute approximate surface area is 65.8 Å². The van der Waals surface area contributed by atoms with Gasteiger partial charge in [-0.25, -0.2) is 0 Å². The summed E-state index contributed by atoms with van der Waals surface area (Å²) in [7, 11) is 0. The van der Waals surface area contributed by atoms with Crippen molar-refractivity contribution in [1.29, 1.82) is 0 Å². The summed E-state index contributed by atoms with van der Waals surface area (Å²) in [4.78, 5) is 10.3. The molecule has 2 N–H and O–H groups in total. The minimum atomic E-state index is -4.77. The van der Waals surface area contributed by atoms with Crippen molar-refractivity contribution < 1.29 is 28.2 Å². The SMILES string of the molecule is O=C(O)C1(C(F)(F)F)CC(O)C1. The molecule has 3 nitrogen and oxygen atoms in total. The maximum Gasteiger partial charge on any atom is 0.405 e. The smallest absolute Gasteiger partial charge is 0.405 e. The second-order valence-corrected chi connectivity index (χ2v) is 2.95. The summed E-state index contributed by atoms with van der Waals surface area (Å²) in [5, 5.41) is 16.9. The number of rotatable bonds is 1. The van der Waals surface area contributed by atoms with Crippen molar-refractivity contribution in [2.75, 3.05) is 0 Å². The van der Waals surface area contributed by atoms with Crippen LogP contribution >= 0.6 is 0 Å². The molecule has 0 radical (unpaired) electrons. The first kappa shape index (κ1) is 9.31. The lowest BCUT2D eigenvalue weighted by Crippen LogP contribution is -2.56. The number of aliphatic hydroxyl groups excluding tert-OH is 1. The van der Waals surface area contributed by atoms with Crippen LogP contribution in [0.1, 0.15) is 12.8 Å².